The standard InChI is InChI=1S/C12H11N/c1-10-7-8-12(13-9-10)11-5-3-2-4-6-11/h2-9H,1H3/i2D,3D,4D,5D. The lowest BCUT2D eigenvalue weighted by Gasteiger charge is -1.99. The third kappa shape index (κ3) is 1.75. The van der Waals surface area contributed by atoms with Gasteiger partial charge in [0.25, 0.3) is 0 Å². The summed E-state index contributed by atoms with van der Waals surface area (Å²) in [5, 5.41) is 0. The Hall–Kier alpha value is -1.63. The number of rotatable bonds is 1. The van der Waals surface area contributed by atoms with Gasteiger partial charge in [-0.3, -0.25) is 4.98 Å². The Labute approximate surface area is 83.7 Å². The summed E-state index contributed by atoms with van der Waals surface area (Å²) in [5.74, 6) is 0. The van der Waals surface area contributed by atoms with Crippen LogP contribution in [0.1, 0.15) is 11.0 Å². The van der Waals surface area contributed by atoms with E-state index in [9.17, 15) is 0 Å². The Morgan fingerprint density at radius 2 is 2.08 bits per heavy atom. The maximum Gasteiger partial charge on any atom is 0.0702 e. The average molecular weight is 173 g/mol. The van der Waals surface area contributed by atoms with Gasteiger partial charge in [-0.2, -0.15) is 0 Å². The van der Waals surface area contributed by atoms with Gasteiger partial charge in [0.2, 0.25) is 0 Å². The van der Waals surface area contributed by atoms with Crippen LogP contribution in [0, 0.1) is 6.92 Å². The van der Waals surface area contributed by atoms with Crippen molar-refractivity contribution >= 4 is 0 Å². The molecule has 64 valence electrons. The molecular weight excluding hydrogens is 158 g/mol. The van der Waals surface area contributed by atoms with Gasteiger partial charge in [0, 0.05) is 11.8 Å². The average Bonchev–Trinajstić information content (AvgIpc) is 2.32. The van der Waals surface area contributed by atoms with Crippen LogP contribution in [-0.2, 0) is 0 Å². The third-order valence-electron chi connectivity index (χ3n) is 1.74. The number of pyridine rings is 1. The molecule has 2 rings (SSSR count). The first-order valence-corrected chi connectivity index (χ1v) is 4.01. The largest absolute Gasteiger partial charge is 0.256 e. The number of benzene rings is 1. The van der Waals surface area contributed by atoms with Crippen molar-refractivity contribution in [2.24, 2.45) is 0 Å². The second kappa shape index (κ2) is 3.40. The maximum atomic E-state index is 7.79. The van der Waals surface area contributed by atoms with E-state index in [1.807, 2.05) is 13.0 Å². The van der Waals surface area contributed by atoms with Crippen LogP contribution >= 0.6 is 0 Å². The van der Waals surface area contributed by atoms with E-state index in [0.717, 1.165) is 5.56 Å². The van der Waals surface area contributed by atoms with Crippen LogP contribution in [0.3, 0.4) is 0 Å². The molecule has 1 aromatic carbocycles. The van der Waals surface area contributed by atoms with Gasteiger partial charge < -0.3 is 0 Å². The summed E-state index contributed by atoms with van der Waals surface area (Å²) in [5.41, 5.74) is 1.99. The smallest absolute Gasteiger partial charge is 0.0702 e. The summed E-state index contributed by atoms with van der Waals surface area (Å²) in [6.07, 6.45) is 1.68. The summed E-state index contributed by atoms with van der Waals surface area (Å²) in [6, 6.07) is 4.49. The monoisotopic (exact) mass is 173 g/mol. The molecule has 0 spiro atoms. The minimum Gasteiger partial charge on any atom is -0.256 e. The van der Waals surface area contributed by atoms with Gasteiger partial charge in [-0.15, -0.1) is 0 Å². The first-order valence-electron chi connectivity index (χ1n) is 6.01. The number of nitrogens with zero attached hydrogens (tertiary/aromatic N) is 1. The molecule has 1 heterocycles. The minimum absolute atomic E-state index is 0.0524. The fourth-order valence-corrected chi connectivity index (χ4v) is 1.04. The van der Waals surface area contributed by atoms with Gasteiger partial charge in [-0.25, -0.2) is 0 Å². The first kappa shape index (κ1) is 4.56. The van der Waals surface area contributed by atoms with E-state index >= 15 is 0 Å². The molecule has 0 N–H and O–H groups in total. The van der Waals surface area contributed by atoms with Crippen LogP contribution < -0.4 is 0 Å². The van der Waals surface area contributed by atoms with Crippen molar-refractivity contribution in [1.29, 1.82) is 0 Å². The van der Waals surface area contributed by atoms with Crippen molar-refractivity contribution in [2.75, 3.05) is 0 Å². The fraction of sp³-hybridized carbons (Fsp3) is 0.0833. The molecule has 0 aliphatic rings. The molecule has 2 aromatic rings. The predicted octanol–water partition coefficient (Wildman–Crippen LogP) is 3.06. The highest BCUT2D eigenvalue weighted by atomic mass is 14.7. The van der Waals surface area contributed by atoms with E-state index in [-0.39, 0.29) is 24.2 Å². The first-order chi connectivity index (χ1) is 8.00. The zero-order valence-corrected chi connectivity index (χ0v) is 7.26. The van der Waals surface area contributed by atoms with Gasteiger partial charge >= 0.3 is 0 Å². The lowest BCUT2D eigenvalue weighted by molar-refractivity contribution is 1.27. The van der Waals surface area contributed by atoms with Crippen LogP contribution in [-0.4, -0.2) is 4.98 Å². The van der Waals surface area contributed by atoms with Crippen molar-refractivity contribution in [1.82, 2.24) is 4.98 Å². The number of aryl methyl sites for hydroxylation is 1. The lowest BCUT2D eigenvalue weighted by Crippen LogP contribution is -1.82. The Balaban J connectivity index is 2.64. The number of hydrogen-bond donors (Lipinski definition) is 0. The summed E-state index contributed by atoms with van der Waals surface area (Å²) < 4.78 is 30.4. The SMILES string of the molecule is [2H]c1cc(-c2ccc(C)cn2)c([2H])c([2H])c1[2H]. The summed E-state index contributed by atoms with van der Waals surface area (Å²) >= 11 is 0. The molecule has 0 aliphatic carbocycles. The van der Waals surface area contributed by atoms with Crippen molar-refractivity contribution < 1.29 is 5.48 Å². The zero-order chi connectivity index (χ0) is 12.6. The normalized spacial score (nSPS) is 14.2. The minimum atomic E-state index is -0.227. The van der Waals surface area contributed by atoms with Crippen molar-refractivity contribution in [3.8, 4) is 11.3 Å². The molecule has 0 radical (unpaired) electrons. The highest BCUT2D eigenvalue weighted by Crippen LogP contribution is 2.15. The second-order valence-electron chi connectivity index (χ2n) is 2.80. The van der Waals surface area contributed by atoms with Gasteiger partial charge in [0.15, 0.2) is 0 Å². The summed E-state index contributed by atoms with van der Waals surface area (Å²) in [7, 11) is 0. The van der Waals surface area contributed by atoms with E-state index in [0.29, 0.717) is 11.3 Å². The summed E-state index contributed by atoms with van der Waals surface area (Å²) in [6.45, 7) is 1.91. The molecule has 0 saturated heterocycles. The fourth-order valence-electron chi connectivity index (χ4n) is 1.04. The van der Waals surface area contributed by atoms with Crippen LogP contribution in [0.5, 0.6) is 0 Å². The molecule has 1 nitrogen and oxygen atoms in total. The van der Waals surface area contributed by atoms with Crippen molar-refractivity contribution in [2.45, 2.75) is 6.92 Å². The Morgan fingerprint density at radius 3 is 2.85 bits per heavy atom. The summed E-state index contributed by atoms with van der Waals surface area (Å²) in [4.78, 5) is 4.17. The highest BCUT2D eigenvalue weighted by molar-refractivity contribution is 5.58. The Morgan fingerprint density at radius 1 is 1.15 bits per heavy atom. The molecule has 0 atom stereocenters. The molecule has 0 aliphatic heterocycles. The predicted molar refractivity (Wildman–Crippen MR) is 54.4 cm³/mol. The molecule has 0 unspecified atom stereocenters. The topological polar surface area (TPSA) is 12.9 Å². The van der Waals surface area contributed by atoms with Crippen LogP contribution in [0.25, 0.3) is 11.3 Å². The molecule has 0 saturated carbocycles. The van der Waals surface area contributed by atoms with Crippen molar-refractivity contribution in [3.05, 3.63) is 54.1 Å². The molecule has 1 heteroatoms. The number of hydrogen-bond acceptors (Lipinski definition) is 1. The quantitative estimate of drug-likeness (QED) is 0.646. The van der Waals surface area contributed by atoms with Gasteiger partial charge in [0.05, 0.1) is 11.2 Å². The highest BCUT2D eigenvalue weighted by Gasteiger charge is 1.95. The van der Waals surface area contributed by atoms with E-state index < -0.39 is 0 Å². The van der Waals surface area contributed by atoms with Gasteiger partial charge in [0.1, 0.15) is 0 Å². The van der Waals surface area contributed by atoms with E-state index in [2.05, 4.69) is 4.98 Å². The van der Waals surface area contributed by atoms with Crippen LogP contribution in [0.15, 0.2) is 48.6 Å². The van der Waals surface area contributed by atoms with E-state index in [1.165, 1.54) is 6.07 Å². The molecule has 0 amide bonds. The molecule has 0 bridgehead atoms. The molecule has 1 aromatic heterocycles. The number of aromatic nitrogens is 1. The van der Waals surface area contributed by atoms with E-state index in [1.54, 1.807) is 12.3 Å². The van der Waals surface area contributed by atoms with Gasteiger partial charge in [-0.05, 0) is 18.6 Å². The van der Waals surface area contributed by atoms with Crippen molar-refractivity contribution in [3.63, 3.8) is 0 Å². The molecular formula is C12H11N. The second-order valence-corrected chi connectivity index (χ2v) is 2.80. The Bertz CT molecular complexity index is 564. The molecule has 0 fully saturated rings. The van der Waals surface area contributed by atoms with Crippen LogP contribution in [0.4, 0.5) is 0 Å². The Kier molecular flexibility index (Phi) is 1.19. The third-order valence-corrected chi connectivity index (χ3v) is 1.74. The zero-order valence-electron chi connectivity index (χ0n) is 11.3. The van der Waals surface area contributed by atoms with Crippen LogP contribution in [0.2, 0.25) is 0 Å². The van der Waals surface area contributed by atoms with E-state index in [4.69, 9.17) is 5.48 Å². The maximum absolute atomic E-state index is 7.79. The van der Waals surface area contributed by atoms with Gasteiger partial charge in [-0.1, -0.05) is 36.3 Å². The molecule has 13 heavy (non-hydrogen) atoms. The lowest BCUT2D eigenvalue weighted by atomic mass is 10.1.